The second-order valence-electron chi connectivity index (χ2n) is 7.15. The lowest BCUT2D eigenvalue weighted by atomic mass is 9.76. The summed E-state index contributed by atoms with van der Waals surface area (Å²) < 4.78 is 1.20. The highest BCUT2D eigenvalue weighted by atomic mass is 79.9. The molecule has 5 nitrogen and oxygen atoms in total. The molecule has 3 rings (SSSR count). The van der Waals surface area contributed by atoms with Crippen molar-refractivity contribution < 1.29 is 9.28 Å². The van der Waals surface area contributed by atoms with Crippen LogP contribution < -0.4 is 5.32 Å². The Balaban J connectivity index is 0.00000144. The van der Waals surface area contributed by atoms with Gasteiger partial charge in [-0.25, -0.2) is 9.97 Å². The third kappa shape index (κ3) is 4.35. The molecular weight excluding hydrogens is 436 g/mol. The van der Waals surface area contributed by atoms with Crippen LogP contribution in [0.3, 0.4) is 0 Å². The summed E-state index contributed by atoms with van der Waals surface area (Å²) in [5, 5.41) is 2.70. The van der Waals surface area contributed by atoms with Gasteiger partial charge in [0, 0.05) is 31.2 Å². The predicted octanol–water partition coefficient (Wildman–Crippen LogP) is 3.32. The Hall–Kier alpha value is -0.530. The predicted molar refractivity (Wildman–Crippen MR) is 107 cm³/mol. The molecule has 1 N–H and O–H groups in total. The number of hydrogen-bond acceptors (Lipinski definition) is 3. The van der Waals surface area contributed by atoms with Gasteiger partial charge in [-0.1, -0.05) is 6.92 Å². The fourth-order valence-electron chi connectivity index (χ4n) is 4.48. The number of quaternary nitrogens is 1. The molecule has 0 spiro atoms. The van der Waals surface area contributed by atoms with Crippen LogP contribution in [-0.2, 0) is 17.6 Å². The van der Waals surface area contributed by atoms with Crippen molar-refractivity contribution >= 4 is 45.8 Å². The van der Waals surface area contributed by atoms with Gasteiger partial charge in [-0.05, 0) is 31.2 Å². The Kier molecular flexibility index (Phi) is 7.81. The number of amides is 1. The zero-order valence-corrected chi connectivity index (χ0v) is 18.2. The van der Waals surface area contributed by atoms with E-state index >= 15 is 0 Å². The van der Waals surface area contributed by atoms with Gasteiger partial charge in [-0.2, -0.15) is 0 Å². The zero-order chi connectivity index (χ0) is 15.7. The molecule has 1 unspecified atom stereocenters. The van der Waals surface area contributed by atoms with Crippen molar-refractivity contribution in [2.24, 2.45) is 5.92 Å². The Morgan fingerprint density at radius 1 is 1.38 bits per heavy atom. The average molecular weight is 465 g/mol. The van der Waals surface area contributed by atoms with E-state index in [1.807, 2.05) is 6.20 Å². The van der Waals surface area contributed by atoms with Gasteiger partial charge in [0.15, 0.2) is 0 Å². The number of halogens is 2. The average Bonchev–Trinajstić information content (AvgIpc) is 2.45. The standard InChI is InChI=1S/C17H26N4O.2BrH/c1-4-7-21(3)8-5-6-13-9-15-14(10-16(13)21)11-18-17(20-15)19-12(2)22;;/h11,13,16H,4-10H2,1-3H3;2*1H/p+1/t13-,16-,21?;;/m1../s1. The monoisotopic (exact) mass is 463 g/mol. The number of hydrogen-bond donors (Lipinski definition) is 1. The first kappa shape index (κ1) is 21.5. The van der Waals surface area contributed by atoms with E-state index in [4.69, 9.17) is 0 Å². The summed E-state index contributed by atoms with van der Waals surface area (Å²) in [4.78, 5) is 20.1. The maximum atomic E-state index is 11.2. The van der Waals surface area contributed by atoms with Crippen LogP contribution >= 0.6 is 34.0 Å². The Morgan fingerprint density at radius 2 is 2.12 bits per heavy atom. The summed E-state index contributed by atoms with van der Waals surface area (Å²) in [6.45, 7) is 6.34. The molecule has 1 aromatic heterocycles. The first-order valence-electron chi connectivity index (χ1n) is 8.48. The maximum absolute atomic E-state index is 11.2. The molecule has 2 heterocycles. The lowest BCUT2D eigenvalue weighted by molar-refractivity contribution is -0.942. The van der Waals surface area contributed by atoms with Gasteiger partial charge < -0.3 is 4.48 Å². The largest absolute Gasteiger partial charge is 0.323 e. The normalized spacial score (nSPS) is 27.8. The highest BCUT2D eigenvalue weighted by molar-refractivity contribution is 8.93. The fourth-order valence-corrected chi connectivity index (χ4v) is 4.48. The van der Waals surface area contributed by atoms with Crippen molar-refractivity contribution in [1.82, 2.24) is 9.97 Å². The summed E-state index contributed by atoms with van der Waals surface area (Å²) in [5.74, 6) is 1.06. The van der Waals surface area contributed by atoms with Crippen molar-refractivity contribution in [3.8, 4) is 0 Å². The number of rotatable bonds is 3. The number of carbonyl (C=O) groups is 1. The van der Waals surface area contributed by atoms with Crippen LogP contribution in [-0.4, -0.2) is 46.5 Å². The topological polar surface area (TPSA) is 54.9 Å². The molecule has 0 saturated carbocycles. The third-order valence-electron chi connectivity index (χ3n) is 5.45. The number of carbonyl (C=O) groups excluding carboxylic acids is 1. The van der Waals surface area contributed by atoms with Crippen molar-refractivity contribution in [3.63, 3.8) is 0 Å². The molecule has 1 amide bonds. The van der Waals surface area contributed by atoms with Gasteiger partial charge >= 0.3 is 0 Å². The number of nitrogens with one attached hydrogen (secondary N) is 1. The summed E-state index contributed by atoms with van der Waals surface area (Å²) >= 11 is 0. The molecule has 3 atom stereocenters. The molecule has 0 aromatic carbocycles. The van der Waals surface area contributed by atoms with Crippen LogP contribution in [0.15, 0.2) is 6.20 Å². The summed E-state index contributed by atoms with van der Waals surface area (Å²) in [6.07, 6.45) is 7.90. The first-order chi connectivity index (χ1) is 10.5. The molecule has 1 aromatic rings. The summed E-state index contributed by atoms with van der Waals surface area (Å²) in [5.41, 5.74) is 2.42. The summed E-state index contributed by atoms with van der Waals surface area (Å²) in [6, 6.07) is 0.705. The van der Waals surface area contributed by atoms with Gasteiger partial charge in [-0.15, -0.1) is 34.0 Å². The van der Waals surface area contributed by atoms with E-state index in [0.29, 0.717) is 12.0 Å². The number of piperidine rings is 1. The smallest absolute Gasteiger partial charge is 0.229 e. The highest BCUT2D eigenvalue weighted by Crippen LogP contribution is 2.37. The van der Waals surface area contributed by atoms with E-state index in [1.165, 1.54) is 49.3 Å². The van der Waals surface area contributed by atoms with Gasteiger partial charge in [-0.3, -0.25) is 10.1 Å². The molecule has 1 fully saturated rings. The molecule has 1 aliphatic heterocycles. The second-order valence-corrected chi connectivity index (χ2v) is 7.15. The molecule has 136 valence electrons. The van der Waals surface area contributed by atoms with Crippen molar-refractivity contribution in [2.45, 2.75) is 52.0 Å². The number of anilines is 1. The number of aromatic nitrogens is 2. The Labute approximate surface area is 165 Å². The Morgan fingerprint density at radius 3 is 2.79 bits per heavy atom. The minimum absolute atomic E-state index is 0. The minimum Gasteiger partial charge on any atom is -0.323 e. The Bertz CT molecular complexity index is 580. The first-order valence-corrected chi connectivity index (χ1v) is 8.48. The molecule has 1 aliphatic carbocycles. The van der Waals surface area contributed by atoms with Gasteiger partial charge in [0.1, 0.15) is 0 Å². The number of nitrogens with zero attached hydrogens (tertiary/aromatic N) is 3. The lowest BCUT2D eigenvalue weighted by Gasteiger charge is -2.50. The molecular formula is C17H29Br2N4O+. The summed E-state index contributed by atoms with van der Waals surface area (Å²) in [7, 11) is 2.43. The van der Waals surface area contributed by atoms with Crippen LogP contribution in [0, 0.1) is 5.92 Å². The molecule has 1 saturated heterocycles. The van der Waals surface area contributed by atoms with Gasteiger partial charge in [0.05, 0.1) is 26.2 Å². The molecule has 7 heteroatoms. The number of likely N-dealkylation sites (tertiary alicyclic amines) is 1. The van der Waals surface area contributed by atoms with Crippen molar-refractivity contribution in [3.05, 3.63) is 17.5 Å². The fraction of sp³-hybridized carbons (Fsp3) is 0.706. The van der Waals surface area contributed by atoms with Crippen LogP contribution in [0.5, 0.6) is 0 Å². The number of likely N-dealkylation sites (N-methyl/N-ethyl adjacent to an activating group) is 1. The maximum Gasteiger partial charge on any atom is 0.229 e. The van der Waals surface area contributed by atoms with Gasteiger partial charge in [0.25, 0.3) is 0 Å². The van der Waals surface area contributed by atoms with Crippen LogP contribution in [0.4, 0.5) is 5.95 Å². The SMILES string of the molecule is Br.Br.CCC[N+]1(C)CCC[C@@H]2Cc3nc(NC(C)=O)ncc3C[C@H]21. The van der Waals surface area contributed by atoms with E-state index in [1.54, 1.807) is 0 Å². The van der Waals surface area contributed by atoms with Crippen LogP contribution in [0.2, 0.25) is 0 Å². The van der Waals surface area contributed by atoms with Crippen LogP contribution in [0.25, 0.3) is 0 Å². The molecule has 2 aliphatic rings. The van der Waals surface area contributed by atoms with Crippen molar-refractivity contribution in [2.75, 3.05) is 25.5 Å². The van der Waals surface area contributed by atoms with E-state index in [2.05, 4.69) is 29.3 Å². The zero-order valence-electron chi connectivity index (χ0n) is 14.7. The highest BCUT2D eigenvalue weighted by Gasteiger charge is 2.44. The number of fused-ring (bicyclic) bond motifs is 2. The van der Waals surface area contributed by atoms with Gasteiger partial charge in [0.2, 0.25) is 11.9 Å². The molecule has 0 bridgehead atoms. The molecule has 24 heavy (non-hydrogen) atoms. The third-order valence-corrected chi connectivity index (χ3v) is 5.45. The minimum atomic E-state index is -0.113. The lowest BCUT2D eigenvalue weighted by Crippen LogP contribution is -2.61. The van der Waals surface area contributed by atoms with Crippen LogP contribution in [0.1, 0.15) is 44.4 Å². The second kappa shape index (κ2) is 8.72. The van der Waals surface area contributed by atoms with E-state index < -0.39 is 0 Å². The molecule has 0 radical (unpaired) electrons. The van der Waals surface area contributed by atoms with Crippen molar-refractivity contribution in [1.29, 1.82) is 0 Å². The van der Waals surface area contributed by atoms with E-state index in [9.17, 15) is 4.79 Å². The quantitative estimate of drug-likeness (QED) is 0.698. The van der Waals surface area contributed by atoms with E-state index in [0.717, 1.165) is 24.5 Å². The van der Waals surface area contributed by atoms with E-state index in [-0.39, 0.29) is 39.9 Å².